The third-order valence-electron chi connectivity index (χ3n) is 6.73. The van der Waals surface area contributed by atoms with E-state index in [9.17, 15) is 24.3 Å². The first-order valence-corrected chi connectivity index (χ1v) is 15.1. The van der Waals surface area contributed by atoms with Crippen molar-refractivity contribution in [3.8, 4) is 11.5 Å². The van der Waals surface area contributed by atoms with Gasteiger partial charge in [-0.05, 0) is 81.4 Å². The second-order valence-corrected chi connectivity index (χ2v) is 11.6. The monoisotopic (exact) mass is 609 g/mol. The van der Waals surface area contributed by atoms with Crippen LogP contribution in [0.15, 0.2) is 18.2 Å². The van der Waals surface area contributed by atoms with Crippen LogP contribution in [0, 0.1) is 11.8 Å². The number of nitrogens with one attached hydrogen (secondary N) is 1. The van der Waals surface area contributed by atoms with Crippen molar-refractivity contribution >= 4 is 24.4 Å². The predicted molar refractivity (Wildman–Crippen MR) is 156 cm³/mol. The quantitative estimate of drug-likeness (QED) is 0.123. The molecular formula is C31H47NO11. The molecule has 1 fully saturated rings. The third-order valence-corrected chi connectivity index (χ3v) is 6.73. The Balaban J connectivity index is 2.03. The molecule has 242 valence electrons. The SMILES string of the molecule is CC(C)CCOC(=O)Oc1ccc(C[C@H](NCC(C)OC(=O)OC2CCCCC2)C(=O)O)cc1OC(=O)OCCC(C)C. The molecule has 2 N–H and O–H groups in total. The summed E-state index contributed by atoms with van der Waals surface area (Å²) in [5.41, 5.74) is 0.468. The normalized spacial score (nSPS) is 15.0. The summed E-state index contributed by atoms with van der Waals surface area (Å²) in [7, 11) is 0. The average Bonchev–Trinajstić information content (AvgIpc) is 2.92. The van der Waals surface area contributed by atoms with Crippen LogP contribution in [0.2, 0.25) is 0 Å². The first-order chi connectivity index (χ1) is 20.4. The number of carboxylic acid groups (broad SMARTS) is 1. The van der Waals surface area contributed by atoms with E-state index in [1.807, 2.05) is 27.7 Å². The van der Waals surface area contributed by atoms with E-state index >= 15 is 0 Å². The Morgan fingerprint density at radius 1 is 0.837 bits per heavy atom. The standard InChI is InChI=1S/C31H47NO11/c1-20(2)13-15-38-29(35)42-26-12-11-23(18-27(26)43-30(36)39-16-14-21(3)4)17-25(28(33)34)32-19-22(5)40-31(37)41-24-9-7-6-8-10-24/h11-12,18,20-22,24-25,32H,6-10,13-17,19H2,1-5H3,(H,33,34)/t22?,25-/m0/s1. The minimum Gasteiger partial charge on any atom is -0.480 e. The lowest BCUT2D eigenvalue weighted by Crippen LogP contribution is -2.43. The van der Waals surface area contributed by atoms with Gasteiger partial charge in [-0.1, -0.05) is 40.2 Å². The number of carboxylic acids is 1. The maximum atomic E-state index is 12.3. The molecule has 2 rings (SSSR count). The summed E-state index contributed by atoms with van der Waals surface area (Å²) in [5, 5.41) is 12.7. The van der Waals surface area contributed by atoms with Crippen molar-refractivity contribution in [1.82, 2.24) is 5.32 Å². The zero-order chi connectivity index (χ0) is 31.8. The Labute approximate surface area is 253 Å². The number of rotatable bonds is 16. The van der Waals surface area contributed by atoms with Crippen LogP contribution in [-0.4, -0.2) is 67.6 Å². The van der Waals surface area contributed by atoms with Crippen LogP contribution >= 0.6 is 0 Å². The highest BCUT2D eigenvalue weighted by Crippen LogP contribution is 2.30. The third kappa shape index (κ3) is 15.0. The van der Waals surface area contributed by atoms with Gasteiger partial charge < -0.3 is 38.8 Å². The smallest absolute Gasteiger partial charge is 0.480 e. The molecule has 0 amide bonds. The first-order valence-electron chi connectivity index (χ1n) is 15.1. The van der Waals surface area contributed by atoms with Crippen molar-refractivity contribution in [3.05, 3.63) is 23.8 Å². The van der Waals surface area contributed by atoms with Crippen molar-refractivity contribution < 1.29 is 52.7 Å². The molecule has 1 aliphatic rings. The van der Waals surface area contributed by atoms with Crippen molar-refractivity contribution in [2.45, 2.75) is 104 Å². The van der Waals surface area contributed by atoms with E-state index in [1.54, 1.807) is 13.0 Å². The maximum absolute atomic E-state index is 12.3. The number of hydrogen-bond acceptors (Lipinski definition) is 11. The minimum atomic E-state index is -1.14. The van der Waals surface area contributed by atoms with Crippen molar-refractivity contribution in [1.29, 1.82) is 0 Å². The number of carbonyl (C=O) groups is 4. The van der Waals surface area contributed by atoms with Crippen LogP contribution in [-0.2, 0) is 30.2 Å². The summed E-state index contributed by atoms with van der Waals surface area (Å²) in [6, 6.07) is 3.27. The first kappa shape index (κ1) is 35.7. The van der Waals surface area contributed by atoms with Crippen LogP contribution in [0.3, 0.4) is 0 Å². The van der Waals surface area contributed by atoms with Crippen molar-refractivity contribution in [2.75, 3.05) is 19.8 Å². The Morgan fingerprint density at radius 2 is 1.42 bits per heavy atom. The van der Waals surface area contributed by atoms with Crippen LogP contribution in [0.1, 0.15) is 85.1 Å². The highest BCUT2D eigenvalue weighted by Gasteiger charge is 2.24. The zero-order valence-corrected chi connectivity index (χ0v) is 25.9. The molecule has 1 aromatic rings. The van der Waals surface area contributed by atoms with Crippen LogP contribution in [0.4, 0.5) is 14.4 Å². The fraction of sp³-hybridized carbons (Fsp3) is 0.677. The summed E-state index contributed by atoms with van der Waals surface area (Å²) in [6.07, 6.45) is 2.52. The van der Waals surface area contributed by atoms with Crippen molar-refractivity contribution in [3.63, 3.8) is 0 Å². The number of carbonyl (C=O) groups excluding carboxylic acids is 3. The molecule has 0 radical (unpaired) electrons. The van der Waals surface area contributed by atoms with Gasteiger partial charge in [0.25, 0.3) is 0 Å². The van der Waals surface area contributed by atoms with Gasteiger partial charge in [-0.2, -0.15) is 0 Å². The molecule has 1 aromatic carbocycles. The summed E-state index contributed by atoms with van der Waals surface area (Å²) < 4.78 is 31.5. The molecule has 0 heterocycles. The molecule has 1 aliphatic carbocycles. The second kappa shape index (κ2) is 18.9. The summed E-state index contributed by atoms with van der Waals surface area (Å²) in [4.78, 5) is 48.7. The number of aliphatic carboxylic acids is 1. The predicted octanol–water partition coefficient (Wildman–Crippen LogP) is 6.27. The Kier molecular flexibility index (Phi) is 15.7. The van der Waals surface area contributed by atoms with E-state index < -0.39 is 36.6 Å². The Hall–Kier alpha value is -3.54. The fourth-order valence-corrected chi connectivity index (χ4v) is 4.18. The minimum absolute atomic E-state index is 0.0214. The molecule has 0 aliphatic heterocycles. The highest BCUT2D eigenvalue weighted by molar-refractivity contribution is 5.74. The highest BCUT2D eigenvalue weighted by atomic mass is 16.7. The van der Waals surface area contributed by atoms with Gasteiger partial charge in [0.05, 0.1) is 13.2 Å². The second-order valence-electron chi connectivity index (χ2n) is 11.6. The molecule has 12 heteroatoms. The van der Waals surface area contributed by atoms with Crippen LogP contribution < -0.4 is 14.8 Å². The summed E-state index contributed by atoms with van der Waals surface area (Å²) >= 11 is 0. The molecule has 1 saturated carbocycles. The lowest BCUT2D eigenvalue weighted by molar-refractivity contribution is -0.139. The van der Waals surface area contributed by atoms with Gasteiger partial charge >= 0.3 is 24.4 Å². The fourth-order valence-electron chi connectivity index (χ4n) is 4.18. The molecule has 12 nitrogen and oxygen atoms in total. The van der Waals surface area contributed by atoms with Gasteiger partial charge in [0.1, 0.15) is 18.2 Å². The lowest BCUT2D eigenvalue weighted by atomic mass is 9.98. The van der Waals surface area contributed by atoms with Gasteiger partial charge in [0, 0.05) is 6.54 Å². The van der Waals surface area contributed by atoms with Gasteiger partial charge in [-0.3, -0.25) is 4.79 Å². The molecule has 2 atom stereocenters. The lowest BCUT2D eigenvalue weighted by Gasteiger charge is -2.23. The van der Waals surface area contributed by atoms with E-state index in [4.69, 9.17) is 28.4 Å². The maximum Gasteiger partial charge on any atom is 0.513 e. The topological polar surface area (TPSA) is 156 Å². The number of benzene rings is 1. The average molecular weight is 610 g/mol. The van der Waals surface area contributed by atoms with Gasteiger partial charge in [0.2, 0.25) is 0 Å². The molecule has 1 unspecified atom stereocenters. The molecule has 0 aromatic heterocycles. The van der Waals surface area contributed by atoms with Gasteiger partial charge in [0.15, 0.2) is 11.5 Å². The molecule has 0 bridgehead atoms. The molecule has 43 heavy (non-hydrogen) atoms. The largest absolute Gasteiger partial charge is 0.513 e. The summed E-state index contributed by atoms with van der Waals surface area (Å²) in [5.74, 6) is -0.711. The Bertz CT molecular complexity index is 1040. The number of ether oxygens (including phenoxy) is 6. The van der Waals surface area contributed by atoms with E-state index in [2.05, 4.69) is 5.32 Å². The van der Waals surface area contributed by atoms with Crippen LogP contribution in [0.25, 0.3) is 0 Å². The summed E-state index contributed by atoms with van der Waals surface area (Å²) in [6.45, 7) is 9.95. The van der Waals surface area contributed by atoms with Crippen LogP contribution in [0.5, 0.6) is 11.5 Å². The van der Waals surface area contributed by atoms with Gasteiger partial charge in [-0.15, -0.1) is 0 Å². The van der Waals surface area contributed by atoms with E-state index in [0.29, 0.717) is 30.2 Å². The Morgan fingerprint density at radius 3 is 1.98 bits per heavy atom. The zero-order valence-electron chi connectivity index (χ0n) is 25.9. The van der Waals surface area contributed by atoms with E-state index in [1.165, 1.54) is 12.1 Å². The van der Waals surface area contributed by atoms with E-state index in [0.717, 1.165) is 32.1 Å². The van der Waals surface area contributed by atoms with E-state index in [-0.39, 0.29) is 43.8 Å². The molecule has 0 spiro atoms. The van der Waals surface area contributed by atoms with Crippen molar-refractivity contribution in [2.24, 2.45) is 11.8 Å². The molecular weight excluding hydrogens is 562 g/mol. The number of hydrogen-bond donors (Lipinski definition) is 2. The van der Waals surface area contributed by atoms with Gasteiger partial charge in [-0.25, -0.2) is 14.4 Å². The molecule has 0 saturated heterocycles.